The molecule has 0 amide bonds. The summed E-state index contributed by atoms with van der Waals surface area (Å²) in [6, 6.07) is 0.320. The molecule has 5 heteroatoms. The van der Waals surface area contributed by atoms with Gasteiger partial charge in [-0.3, -0.25) is 0 Å². The summed E-state index contributed by atoms with van der Waals surface area (Å²) in [5.41, 5.74) is 5.87. The van der Waals surface area contributed by atoms with Crippen molar-refractivity contribution in [2.24, 2.45) is 11.7 Å². The Labute approximate surface area is 101 Å². The van der Waals surface area contributed by atoms with Crippen molar-refractivity contribution >= 4 is 0 Å². The Balaban J connectivity index is 1.93. The van der Waals surface area contributed by atoms with Gasteiger partial charge in [0.05, 0.1) is 0 Å². The van der Waals surface area contributed by atoms with Crippen molar-refractivity contribution in [3.63, 3.8) is 0 Å². The zero-order chi connectivity index (χ0) is 12.7. The number of alkyl halides is 3. The molecule has 17 heavy (non-hydrogen) atoms. The lowest BCUT2D eigenvalue weighted by Gasteiger charge is -2.26. The zero-order valence-electron chi connectivity index (χ0n) is 10.2. The summed E-state index contributed by atoms with van der Waals surface area (Å²) >= 11 is 0. The Kier molecular flexibility index (Phi) is 6.27. The molecule has 3 N–H and O–H groups in total. The second-order valence-corrected chi connectivity index (χ2v) is 5.07. The predicted molar refractivity (Wildman–Crippen MR) is 62.7 cm³/mol. The molecule has 0 heterocycles. The normalized spacial score (nSPS) is 26.1. The van der Waals surface area contributed by atoms with Gasteiger partial charge in [0, 0.05) is 12.5 Å². The molecule has 0 aromatic rings. The maximum atomic E-state index is 11.9. The van der Waals surface area contributed by atoms with E-state index >= 15 is 0 Å². The van der Waals surface area contributed by atoms with Crippen LogP contribution < -0.4 is 11.1 Å². The van der Waals surface area contributed by atoms with Crippen molar-refractivity contribution < 1.29 is 13.2 Å². The highest BCUT2D eigenvalue weighted by atomic mass is 19.4. The number of halogens is 3. The van der Waals surface area contributed by atoms with Crippen LogP contribution in [0.2, 0.25) is 0 Å². The molecule has 0 radical (unpaired) electrons. The second-order valence-electron chi connectivity index (χ2n) is 5.07. The molecule has 0 aliphatic heterocycles. The Morgan fingerprint density at radius 3 is 2.59 bits per heavy atom. The molecule has 2 unspecified atom stereocenters. The van der Waals surface area contributed by atoms with Crippen LogP contribution in [-0.2, 0) is 0 Å². The van der Waals surface area contributed by atoms with Crippen LogP contribution in [0.5, 0.6) is 0 Å². The lowest BCUT2D eigenvalue weighted by molar-refractivity contribution is -0.135. The maximum Gasteiger partial charge on any atom is 0.389 e. The molecule has 1 aliphatic rings. The molecule has 2 nitrogen and oxygen atoms in total. The van der Waals surface area contributed by atoms with Gasteiger partial charge < -0.3 is 11.1 Å². The van der Waals surface area contributed by atoms with Crippen LogP contribution in [0.1, 0.15) is 44.9 Å². The van der Waals surface area contributed by atoms with Gasteiger partial charge in [0.15, 0.2) is 0 Å². The van der Waals surface area contributed by atoms with E-state index < -0.39 is 12.6 Å². The molecule has 1 saturated carbocycles. The van der Waals surface area contributed by atoms with Crippen LogP contribution in [0.3, 0.4) is 0 Å². The van der Waals surface area contributed by atoms with Crippen LogP contribution in [-0.4, -0.2) is 25.3 Å². The fourth-order valence-corrected chi connectivity index (χ4v) is 2.40. The number of hydrogen-bond donors (Lipinski definition) is 2. The molecule has 2 atom stereocenters. The summed E-state index contributed by atoms with van der Waals surface area (Å²) in [7, 11) is 0. The zero-order valence-corrected chi connectivity index (χ0v) is 10.2. The van der Waals surface area contributed by atoms with Gasteiger partial charge in [-0.05, 0) is 51.1 Å². The average Bonchev–Trinajstić information content (AvgIpc) is 2.22. The van der Waals surface area contributed by atoms with E-state index in [-0.39, 0.29) is 6.42 Å². The molecule has 1 aliphatic carbocycles. The van der Waals surface area contributed by atoms with Gasteiger partial charge in [0.25, 0.3) is 0 Å². The van der Waals surface area contributed by atoms with E-state index in [1.54, 1.807) is 0 Å². The summed E-state index contributed by atoms with van der Waals surface area (Å²) in [4.78, 5) is 0. The molecular weight excluding hydrogens is 229 g/mol. The van der Waals surface area contributed by atoms with Gasteiger partial charge in [-0.2, -0.15) is 13.2 Å². The third kappa shape index (κ3) is 7.60. The molecule has 102 valence electrons. The summed E-state index contributed by atoms with van der Waals surface area (Å²) < 4.78 is 35.6. The van der Waals surface area contributed by atoms with Crippen molar-refractivity contribution in [3.05, 3.63) is 0 Å². The first-order valence-corrected chi connectivity index (χ1v) is 6.50. The first-order valence-electron chi connectivity index (χ1n) is 6.50. The average molecular weight is 252 g/mol. The third-order valence-electron chi connectivity index (χ3n) is 3.32. The summed E-state index contributed by atoms with van der Waals surface area (Å²) in [5, 5.41) is 3.24. The quantitative estimate of drug-likeness (QED) is 0.713. The van der Waals surface area contributed by atoms with Crippen LogP contribution >= 0.6 is 0 Å². The van der Waals surface area contributed by atoms with Crippen molar-refractivity contribution in [1.29, 1.82) is 0 Å². The summed E-state index contributed by atoms with van der Waals surface area (Å²) in [6.45, 7) is 1.58. The van der Waals surface area contributed by atoms with Crippen molar-refractivity contribution in [3.8, 4) is 0 Å². The number of rotatable bonds is 6. The Morgan fingerprint density at radius 1 is 1.18 bits per heavy atom. The van der Waals surface area contributed by atoms with Crippen LogP contribution in [0, 0.1) is 5.92 Å². The predicted octanol–water partition coefficient (Wildman–Crippen LogP) is 2.83. The first kappa shape index (κ1) is 14.8. The number of unbranched alkanes of at least 4 members (excludes halogenated alkanes) is 1. The minimum absolute atomic E-state index is 0.223. The van der Waals surface area contributed by atoms with E-state index in [0.717, 1.165) is 19.4 Å². The summed E-state index contributed by atoms with van der Waals surface area (Å²) in [5.74, 6) is 0.612. The minimum atomic E-state index is -4.00. The topological polar surface area (TPSA) is 38.0 Å². The maximum absolute atomic E-state index is 11.9. The van der Waals surface area contributed by atoms with E-state index in [2.05, 4.69) is 5.32 Å². The van der Waals surface area contributed by atoms with E-state index in [9.17, 15) is 13.2 Å². The van der Waals surface area contributed by atoms with Crippen LogP contribution in [0.15, 0.2) is 0 Å². The molecule has 1 rings (SSSR count). The molecule has 0 bridgehead atoms. The van der Waals surface area contributed by atoms with E-state index in [0.29, 0.717) is 24.9 Å². The highest BCUT2D eigenvalue weighted by Crippen LogP contribution is 2.23. The second kappa shape index (κ2) is 7.21. The molecule has 0 aromatic heterocycles. The van der Waals surface area contributed by atoms with E-state index in [1.165, 1.54) is 12.8 Å². The van der Waals surface area contributed by atoms with Crippen molar-refractivity contribution in [2.75, 3.05) is 13.1 Å². The fraction of sp³-hybridized carbons (Fsp3) is 1.00. The van der Waals surface area contributed by atoms with Gasteiger partial charge in [0.1, 0.15) is 0 Å². The van der Waals surface area contributed by atoms with E-state index in [1.807, 2.05) is 0 Å². The molecule has 0 spiro atoms. The molecule has 0 saturated heterocycles. The first-order chi connectivity index (χ1) is 7.97. The Bertz CT molecular complexity index is 206. The minimum Gasteiger partial charge on any atom is -0.328 e. The lowest BCUT2D eigenvalue weighted by Crippen LogP contribution is -2.33. The van der Waals surface area contributed by atoms with E-state index in [4.69, 9.17) is 5.73 Å². The lowest BCUT2D eigenvalue weighted by atomic mass is 9.86. The molecule has 0 aromatic carbocycles. The number of nitrogens with one attached hydrogen (secondary N) is 1. The largest absolute Gasteiger partial charge is 0.389 e. The summed E-state index contributed by atoms with van der Waals surface area (Å²) in [6.07, 6.45) is 0.695. The number of nitrogens with two attached hydrogens (primary N) is 1. The Hall–Kier alpha value is -0.290. The van der Waals surface area contributed by atoms with Gasteiger partial charge in [-0.25, -0.2) is 0 Å². The highest BCUT2D eigenvalue weighted by Gasteiger charge is 2.25. The third-order valence-corrected chi connectivity index (χ3v) is 3.32. The smallest absolute Gasteiger partial charge is 0.328 e. The van der Waals surface area contributed by atoms with Crippen molar-refractivity contribution in [1.82, 2.24) is 5.32 Å². The number of hydrogen-bond acceptors (Lipinski definition) is 2. The monoisotopic (exact) mass is 252 g/mol. The van der Waals surface area contributed by atoms with Crippen molar-refractivity contribution in [2.45, 2.75) is 57.2 Å². The van der Waals surface area contributed by atoms with Crippen LogP contribution in [0.25, 0.3) is 0 Å². The SMILES string of the molecule is NC1CCCC(CNCCCCC(F)(F)F)C1. The molecule has 1 fully saturated rings. The van der Waals surface area contributed by atoms with Gasteiger partial charge in [-0.15, -0.1) is 0 Å². The van der Waals surface area contributed by atoms with Gasteiger partial charge in [-0.1, -0.05) is 6.42 Å². The van der Waals surface area contributed by atoms with Gasteiger partial charge >= 0.3 is 6.18 Å². The van der Waals surface area contributed by atoms with Gasteiger partial charge in [0.2, 0.25) is 0 Å². The molecular formula is C12H23F3N2. The fourth-order valence-electron chi connectivity index (χ4n) is 2.40. The van der Waals surface area contributed by atoms with Crippen LogP contribution in [0.4, 0.5) is 13.2 Å². The highest BCUT2D eigenvalue weighted by molar-refractivity contribution is 4.76. The standard InChI is InChI=1S/C12H23F3N2/c13-12(14,15)6-1-2-7-17-9-10-4-3-5-11(16)8-10/h10-11,17H,1-9,16H2. The Morgan fingerprint density at radius 2 is 1.94 bits per heavy atom.